The van der Waals surface area contributed by atoms with Gasteiger partial charge >= 0.3 is 0 Å². The van der Waals surface area contributed by atoms with Gasteiger partial charge in [0.1, 0.15) is 11.4 Å². The van der Waals surface area contributed by atoms with E-state index in [2.05, 4.69) is 31.2 Å². The Labute approximate surface area is 157 Å². The zero-order chi connectivity index (χ0) is 18.1. The number of para-hydroxylation sites is 1. The van der Waals surface area contributed by atoms with E-state index >= 15 is 0 Å². The van der Waals surface area contributed by atoms with Gasteiger partial charge in [0.15, 0.2) is 0 Å². The highest BCUT2D eigenvalue weighted by atomic mass is 35.5. The molecule has 1 heterocycles. The average Bonchev–Trinajstić information content (AvgIpc) is 3.02. The lowest BCUT2D eigenvalue weighted by Crippen LogP contribution is -2.02. The van der Waals surface area contributed by atoms with Crippen molar-refractivity contribution in [2.75, 3.05) is 7.11 Å². The van der Waals surface area contributed by atoms with Crippen molar-refractivity contribution in [3.63, 3.8) is 0 Å². The van der Waals surface area contributed by atoms with E-state index in [4.69, 9.17) is 21.4 Å². The predicted molar refractivity (Wildman–Crippen MR) is 107 cm³/mol. The van der Waals surface area contributed by atoms with Gasteiger partial charge in [0.2, 0.25) is 0 Å². The number of fused-ring (bicyclic) bond motifs is 1. The lowest BCUT2D eigenvalue weighted by atomic mass is 10.0. The Morgan fingerprint density at radius 1 is 1.00 bits per heavy atom. The molecule has 0 aliphatic heterocycles. The van der Waals surface area contributed by atoms with E-state index in [1.807, 2.05) is 47.1 Å². The van der Waals surface area contributed by atoms with E-state index in [9.17, 15) is 0 Å². The topological polar surface area (TPSA) is 27.1 Å². The molecular weight excluding hydrogens is 344 g/mol. The molecule has 0 saturated heterocycles. The summed E-state index contributed by atoms with van der Waals surface area (Å²) in [5, 5.41) is 6.69. The van der Waals surface area contributed by atoms with Crippen LogP contribution in [-0.4, -0.2) is 16.9 Å². The molecule has 0 spiro atoms. The van der Waals surface area contributed by atoms with E-state index in [1.54, 1.807) is 7.11 Å². The quantitative estimate of drug-likeness (QED) is 0.464. The van der Waals surface area contributed by atoms with Crippen LogP contribution in [0.25, 0.3) is 22.2 Å². The molecule has 1 aromatic heterocycles. The first-order valence-electron chi connectivity index (χ1n) is 8.51. The normalized spacial score (nSPS) is 11.0. The van der Waals surface area contributed by atoms with Crippen molar-refractivity contribution in [3.05, 3.63) is 82.9 Å². The van der Waals surface area contributed by atoms with Crippen molar-refractivity contribution < 1.29 is 4.74 Å². The minimum Gasteiger partial charge on any atom is -0.497 e. The van der Waals surface area contributed by atoms with Crippen molar-refractivity contribution >= 4 is 22.5 Å². The second-order valence-electron chi connectivity index (χ2n) is 6.31. The SMILES string of the molecule is COc1ccc(-c2nn(Cc3ccccc3)c3c(Cl)cccc23)c(C)c1. The number of nitrogens with zero attached hydrogens (tertiary/aromatic N) is 2. The Kier molecular flexibility index (Phi) is 4.39. The van der Waals surface area contributed by atoms with Crippen molar-refractivity contribution in [1.82, 2.24) is 9.78 Å². The van der Waals surface area contributed by atoms with Gasteiger partial charge in [-0.05, 0) is 42.3 Å². The Balaban J connectivity index is 1.90. The Morgan fingerprint density at radius 2 is 1.81 bits per heavy atom. The van der Waals surface area contributed by atoms with Crippen LogP contribution in [0.4, 0.5) is 0 Å². The van der Waals surface area contributed by atoms with E-state index in [0.29, 0.717) is 11.6 Å². The predicted octanol–water partition coefficient (Wildman–Crippen LogP) is 5.72. The van der Waals surface area contributed by atoms with Gasteiger partial charge in [0, 0.05) is 10.9 Å². The molecule has 3 aromatic carbocycles. The van der Waals surface area contributed by atoms with Gasteiger partial charge in [-0.2, -0.15) is 5.10 Å². The number of aryl methyl sites for hydroxylation is 1. The van der Waals surface area contributed by atoms with Crippen LogP contribution in [0.1, 0.15) is 11.1 Å². The number of rotatable bonds is 4. The minimum atomic E-state index is 0.677. The minimum absolute atomic E-state index is 0.677. The number of aromatic nitrogens is 2. The third kappa shape index (κ3) is 2.95. The van der Waals surface area contributed by atoms with Crippen molar-refractivity contribution in [2.45, 2.75) is 13.5 Å². The number of halogens is 1. The summed E-state index contributed by atoms with van der Waals surface area (Å²) in [6.07, 6.45) is 0. The molecule has 0 amide bonds. The molecule has 4 heteroatoms. The third-order valence-corrected chi connectivity index (χ3v) is 4.89. The van der Waals surface area contributed by atoms with Gasteiger partial charge in [0.05, 0.1) is 24.2 Å². The van der Waals surface area contributed by atoms with Crippen molar-refractivity contribution in [2.24, 2.45) is 0 Å². The molecule has 4 rings (SSSR count). The van der Waals surface area contributed by atoms with E-state index in [1.165, 1.54) is 5.56 Å². The Bertz CT molecular complexity index is 1070. The van der Waals surface area contributed by atoms with Gasteiger partial charge in [-0.15, -0.1) is 0 Å². The number of benzene rings is 3. The molecule has 3 nitrogen and oxygen atoms in total. The lowest BCUT2D eigenvalue weighted by Gasteiger charge is -2.06. The van der Waals surface area contributed by atoms with Crippen LogP contribution >= 0.6 is 11.6 Å². The second-order valence-corrected chi connectivity index (χ2v) is 6.72. The van der Waals surface area contributed by atoms with Gasteiger partial charge in [-0.3, -0.25) is 4.68 Å². The molecule has 0 N–H and O–H groups in total. The number of hydrogen-bond donors (Lipinski definition) is 0. The molecule has 0 radical (unpaired) electrons. The summed E-state index contributed by atoms with van der Waals surface area (Å²) in [5.41, 5.74) is 5.30. The second kappa shape index (κ2) is 6.85. The van der Waals surface area contributed by atoms with Crippen LogP contribution in [0.15, 0.2) is 66.7 Å². The first-order chi connectivity index (χ1) is 12.7. The molecule has 130 valence electrons. The zero-order valence-corrected chi connectivity index (χ0v) is 15.5. The summed E-state index contributed by atoms with van der Waals surface area (Å²) in [6.45, 7) is 2.75. The highest BCUT2D eigenvalue weighted by Crippen LogP contribution is 2.35. The first kappa shape index (κ1) is 16.7. The molecular formula is C22H19ClN2O. The van der Waals surface area contributed by atoms with E-state index in [0.717, 1.165) is 33.5 Å². The van der Waals surface area contributed by atoms with Gasteiger partial charge in [-0.1, -0.05) is 54.1 Å². The van der Waals surface area contributed by atoms with Crippen molar-refractivity contribution in [3.8, 4) is 17.0 Å². The van der Waals surface area contributed by atoms with Gasteiger partial charge < -0.3 is 4.74 Å². The highest BCUT2D eigenvalue weighted by Gasteiger charge is 2.16. The highest BCUT2D eigenvalue weighted by molar-refractivity contribution is 6.35. The maximum atomic E-state index is 6.54. The number of methoxy groups -OCH3 is 1. The molecule has 0 atom stereocenters. The lowest BCUT2D eigenvalue weighted by molar-refractivity contribution is 0.414. The van der Waals surface area contributed by atoms with Crippen LogP contribution in [0.5, 0.6) is 5.75 Å². The zero-order valence-electron chi connectivity index (χ0n) is 14.7. The summed E-state index contributed by atoms with van der Waals surface area (Å²) in [5.74, 6) is 0.845. The summed E-state index contributed by atoms with van der Waals surface area (Å²) in [7, 11) is 1.68. The molecule has 0 fully saturated rings. The number of hydrogen-bond acceptors (Lipinski definition) is 2. The molecule has 0 bridgehead atoms. The Hall–Kier alpha value is -2.78. The fourth-order valence-corrected chi connectivity index (χ4v) is 3.56. The van der Waals surface area contributed by atoms with Crippen LogP contribution in [-0.2, 0) is 6.54 Å². The summed E-state index contributed by atoms with van der Waals surface area (Å²) < 4.78 is 7.32. The smallest absolute Gasteiger partial charge is 0.119 e. The molecule has 0 unspecified atom stereocenters. The van der Waals surface area contributed by atoms with Crippen LogP contribution in [0.2, 0.25) is 5.02 Å². The van der Waals surface area contributed by atoms with Crippen molar-refractivity contribution in [1.29, 1.82) is 0 Å². The van der Waals surface area contributed by atoms with Crippen LogP contribution in [0.3, 0.4) is 0 Å². The van der Waals surface area contributed by atoms with E-state index < -0.39 is 0 Å². The van der Waals surface area contributed by atoms with Crippen LogP contribution < -0.4 is 4.74 Å². The standard InChI is InChI=1S/C22H19ClN2O/c1-15-13-17(26-2)11-12-18(15)21-19-9-6-10-20(23)22(19)25(24-21)14-16-7-4-3-5-8-16/h3-13H,14H2,1-2H3. The van der Waals surface area contributed by atoms with Crippen LogP contribution in [0, 0.1) is 6.92 Å². The fraction of sp³-hybridized carbons (Fsp3) is 0.136. The third-order valence-electron chi connectivity index (χ3n) is 4.58. The Morgan fingerprint density at radius 3 is 2.54 bits per heavy atom. The average molecular weight is 363 g/mol. The maximum absolute atomic E-state index is 6.54. The maximum Gasteiger partial charge on any atom is 0.119 e. The molecule has 0 saturated carbocycles. The fourth-order valence-electron chi connectivity index (χ4n) is 3.29. The summed E-state index contributed by atoms with van der Waals surface area (Å²) >= 11 is 6.54. The molecule has 0 aliphatic rings. The van der Waals surface area contributed by atoms with Gasteiger partial charge in [-0.25, -0.2) is 0 Å². The van der Waals surface area contributed by atoms with E-state index in [-0.39, 0.29) is 0 Å². The summed E-state index contributed by atoms with van der Waals surface area (Å²) in [4.78, 5) is 0. The largest absolute Gasteiger partial charge is 0.497 e. The van der Waals surface area contributed by atoms with Gasteiger partial charge in [0.25, 0.3) is 0 Å². The molecule has 0 aliphatic carbocycles. The molecule has 26 heavy (non-hydrogen) atoms. The monoisotopic (exact) mass is 362 g/mol. The first-order valence-corrected chi connectivity index (χ1v) is 8.89. The number of ether oxygens (including phenoxy) is 1. The molecule has 4 aromatic rings. The summed E-state index contributed by atoms with van der Waals surface area (Å²) in [6, 6.07) is 22.3.